The number of hydrogen-bond donors (Lipinski definition) is 0. The van der Waals surface area contributed by atoms with Crippen molar-refractivity contribution in [2.75, 3.05) is 0 Å². The number of aromatic nitrogens is 1. The smallest absolute Gasteiger partial charge is 0.258 e. The van der Waals surface area contributed by atoms with Crippen molar-refractivity contribution in [3.8, 4) is 0 Å². The van der Waals surface area contributed by atoms with E-state index in [1.54, 1.807) is 0 Å². The van der Waals surface area contributed by atoms with Crippen molar-refractivity contribution in [3.63, 3.8) is 0 Å². The van der Waals surface area contributed by atoms with Crippen LogP contribution in [0.5, 0.6) is 0 Å². The highest BCUT2D eigenvalue weighted by Gasteiger charge is 2.11. The van der Waals surface area contributed by atoms with Crippen LogP contribution in [0.2, 0.25) is 5.15 Å². The van der Waals surface area contributed by atoms with Crippen molar-refractivity contribution in [2.45, 2.75) is 16.8 Å². The molecule has 1 aromatic carbocycles. The maximum absolute atomic E-state index is 10.7. The number of halogens is 1. The quantitative estimate of drug-likeness (QED) is 0.482. The zero-order valence-corrected chi connectivity index (χ0v) is 11.0. The molecule has 2 aromatic rings. The summed E-state index contributed by atoms with van der Waals surface area (Å²) in [5, 5.41) is 11.4. The summed E-state index contributed by atoms with van der Waals surface area (Å²) in [4.78, 5) is 15.3. The second-order valence-corrected chi connectivity index (χ2v) is 5.06. The van der Waals surface area contributed by atoms with Crippen LogP contribution >= 0.6 is 23.4 Å². The molecule has 0 saturated carbocycles. The van der Waals surface area contributed by atoms with Crippen molar-refractivity contribution in [3.05, 3.63) is 57.2 Å². The lowest BCUT2D eigenvalue weighted by atomic mass is 10.2. The van der Waals surface area contributed by atoms with Gasteiger partial charge in [0.05, 0.1) is 11.0 Å². The summed E-state index contributed by atoms with van der Waals surface area (Å²) in [6.45, 7) is 1.97. The number of pyridine rings is 1. The molecule has 2 rings (SSSR count). The number of hydrogen-bond acceptors (Lipinski definition) is 4. The van der Waals surface area contributed by atoms with Crippen LogP contribution in [-0.2, 0) is 0 Å². The van der Waals surface area contributed by atoms with Gasteiger partial charge in [-0.1, -0.05) is 41.6 Å². The van der Waals surface area contributed by atoms with Crippen molar-refractivity contribution in [2.24, 2.45) is 0 Å². The minimum atomic E-state index is -0.477. The monoisotopic (exact) mass is 280 g/mol. The summed E-state index contributed by atoms with van der Waals surface area (Å²) in [5.41, 5.74) is 1.04. The van der Waals surface area contributed by atoms with Gasteiger partial charge in [-0.05, 0) is 18.6 Å². The topological polar surface area (TPSA) is 56.0 Å². The molecule has 0 N–H and O–H groups in total. The largest absolute Gasteiger partial charge is 0.275 e. The predicted molar refractivity (Wildman–Crippen MR) is 71.2 cm³/mol. The zero-order chi connectivity index (χ0) is 13.1. The van der Waals surface area contributed by atoms with Gasteiger partial charge in [0.25, 0.3) is 5.69 Å². The van der Waals surface area contributed by atoms with Gasteiger partial charge in [-0.25, -0.2) is 4.98 Å². The maximum atomic E-state index is 10.7. The Morgan fingerprint density at radius 2 is 2.06 bits per heavy atom. The average molecular weight is 281 g/mol. The summed E-state index contributed by atoms with van der Waals surface area (Å²) in [7, 11) is 0. The fraction of sp³-hybridized carbons (Fsp3) is 0.0833. The summed E-state index contributed by atoms with van der Waals surface area (Å²) >= 11 is 7.13. The Bertz CT molecular complexity index is 604. The molecule has 1 heterocycles. The standard InChI is InChI=1S/C12H9ClN2O2S/c1-8-4-2-3-5-10(8)18-12-7-9(15(16)17)6-11(13)14-12/h2-7H,1H3. The van der Waals surface area contributed by atoms with E-state index in [-0.39, 0.29) is 10.8 Å². The van der Waals surface area contributed by atoms with Gasteiger partial charge in [0.15, 0.2) is 0 Å². The van der Waals surface area contributed by atoms with Crippen molar-refractivity contribution >= 4 is 29.1 Å². The van der Waals surface area contributed by atoms with E-state index < -0.39 is 4.92 Å². The minimum Gasteiger partial charge on any atom is -0.258 e. The Balaban J connectivity index is 2.35. The average Bonchev–Trinajstić information content (AvgIpc) is 2.31. The molecule has 0 aliphatic carbocycles. The molecule has 0 amide bonds. The highest BCUT2D eigenvalue weighted by molar-refractivity contribution is 7.99. The minimum absolute atomic E-state index is 0.0499. The van der Waals surface area contributed by atoms with Gasteiger partial charge in [-0.3, -0.25) is 10.1 Å². The zero-order valence-electron chi connectivity index (χ0n) is 9.46. The SMILES string of the molecule is Cc1ccccc1Sc1cc([N+](=O)[O-])cc(Cl)n1. The normalized spacial score (nSPS) is 10.3. The Morgan fingerprint density at radius 3 is 2.72 bits per heavy atom. The first kappa shape index (κ1) is 12.9. The molecule has 1 aromatic heterocycles. The number of aryl methyl sites for hydroxylation is 1. The van der Waals surface area contributed by atoms with E-state index in [9.17, 15) is 10.1 Å². The Hall–Kier alpha value is -1.59. The number of nitrogens with zero attached hydrogens (tertiary/aromatic N) is 2. The molecule has 18 heavy (non-hydrogen) atoms. The van der Waals surface area contributed by atoms with E-state index in [0.29, 0.717) is 5.03 Å². The van der Waals surface area contributed by atoms with Gasteiger partial charge >= 0.3 is 0 Å². The molecule has 0 aliphatic rings. The molecule has 0 saturated heterocycles. The van der Waals surface area contributed by atoms with E-state index in [0.717, 1.165) is 10.5 Å². The van der Waals surface area contributed by atoms with Crippen LogP contribution in [0.4, 0.5) is 5.69 Å². The molecule has 0 bridgehead atoms. The van der Waals surface area contributed by atoms with Crippen LogP contribution in [0.15, 0.2) is 46.3 Å². The molecule has 4 nitrogen and oxygen atoms in total. The van der Waals surface area contributed by atoms with Crippen molar-refractivity contribution < 1.29 is 4.92 Å². The molecule has 0 unspecified atom stereocenters. The van der Waals surface area contributed by atoms with Gasteiger partial charge in [0.1, 0.15) is 10.2 Å². The Labute approximate surface area is 113 Å². The molecule has 6 heteroatoms. The Morgan fingerprint density at radius 1 is 1.33 bits per heavy atom. The van der Waals surface area contributed by atoms with Gasteiger partial charge in [0.2, 0.25) is 0 Å². The first-order chi connectivity index (χ1) is 8.56. The predicted octanol–water partition coefficient (Wildman–Crippen LogP) is 4.10. The van der Waals surface area contributed by atoms with Crippen molar-refractivity contribution in [1.29, 1.82) is 0 Å². The second kappa shape index (κ2) is 5.37. The Kier molecular flexibility index (Phi) is 3.84. The van der Waals surface area contributed by atoms with E-state index >= 15 is 0 Å². The van der Waals surface area contributed by atoms with Crippen LogP contribution in [-0.4, -0.2) is 9.91 Å². The van der Waals surface area contributed by atoms with E-state index in [4.69, 9.17) is 11.6 Å². The lowest BCUT2D eigenvalue weighted by Crippen LogP contribution is -1.91. The van der Waals surface area contributed by atoms with E-state index in [1.807, 2.05) is 31.2 Å². The summed E-state index contributed by atoms with van der Waals surface area (Å²) in [6.07, 6.45) is 0. The van der Waals surface area contributed by atoms with Crippen LogP contribution in [0.25, 0.3) is 0 Å². The van der Waals surface area contributed by atoms with Gasteiger partial charge in [-0.2, -0.15) is 0 Å². The number of rotatable bonds is 3. The fourth-order valence-corrected chi connectivity index (χ4v) is 2.58. The second-order valence-electron chi connectivity index (χ2n) is 3.61. The third-order valence-corrected chi connectivity index (χ3v) is 3.56. The maximum Gasteiger partial charge on any atom is 0.275 e. The number of benzene rings is 1. The van der Waals surface area contributed by atoms with Crippen LogP contribution in [0.3, 0.4) is 0 Å². The molecular formula is C12H9ClN2O2S. The van der Waals surface area contributed by atoms with Crippen LogP contribution < -0.4 is 0 Å². The van der Waals surface area contributed by atoms with Crippen LogP contribution in [0.1, 0.15) is 5.56 Å². The van der Waals surface area contributed by atoms with Crippen LogP contribution in [0, 0.1) is 17.0 Å². The third-order valence-electron chi connectivity index (χ3n) is 2.27. The first-order valence-corrected chi connectivity index (χ1v) is 6.31. The van der Waals surface area contributed by atoms with Gasteiger partial charge in [0, 0.05) is 11.0 Å². The van der Waals surface area contributed by atoms with Crippen molar-refractivity contribution in [1.82, 2.24) is 4.98 Å². The molecule has 92 valence electrons. The van der Waals surface area contributed by atoms with Gasteiger partial charge in [-0.15, -0.1) is 0 Å². The molecular weight excluding hydrogens is 272 g/mol. The highest BCUT2D eigenvalue weighted by Crippen LogP contribution is 2.31. The molecule has 0 atom stereocenters. The lowest BCUT2D eigenvalue weighted by Gasteiger charge is -2.04. The highest BCUT2D eigenvalue weighted by atomic mass is 35.5. The third kappa shape index (κ3) is 3.00. The summed E-state index contributed by atoms with van der Waals surface area (Å²) in [5.74, 6) is 0. The molecule has 0 radical (unpaired) electrons. The van der Waals surface area contributed by atoms with E-state index in [1.165, 1.54) is 23.9 Å². The fourth-order valence-electron chi connectivity index (χ4n) is 1.40. The van der Waals surface area contributed by atoms with Gasteiger partial charge < -0.3 is 0 Å². The number of nitro groups is 1. The molecule has 0 fully saturated rings. The lowest BCUT2D eigenvalue weighted by molar-refractivity contribution is -0.385. The van der Waals surface area contributed by atoms with E-state index in [2.05, 4.69) is 4.98 Å². The summed E-state index contributed by atoms with van der Waals surface area (Å²) < 4.78 is 0. The molecule has 0 spiro atoms. The molecule has 0 aliphatic heterocycles. The first-order valence-electron chi connectivity index (χ1n) is 5.12. The summed E-state index contributed by atoms with van der Waals surface area (Å²) in [6, 6.07) is 10.4.